The zero-order valence-corrected chi connectivity index (χ0v) is 8.12. The molecule has 1 aliphatic heterocycles. The molecular formula is C10H20O2. The highest BCUT2D eigenvalue weighted by atomic mass is 16.6. The Morgan fingerprint density at radius 3 is 2.67 bits per heavy atom. The molecule has 0 aromatic carbocycles. The minimum Gasteiger partial charge on any atom is -0.390 e. The zero-order valence-electron chi connectivity index (χ0n) is 8.12. The van der Waals surface area contributed by atoms with Crippen LogP contribution in [0.15, 0.2) is 0 Å². The van der Waals surface area contributed by atoms with Gasteiger partial charge in [-0.1, -0.05) is 33.1 Å². The van der Waals surface area contributed by atoms with E-state index < -0.39 is 0 Å². The number of hydrogen-bond acceptors (Lipinski definition) is 2. The van der Waals surface area contributed by atoms with Crippen molar-refractivity contribution in [2.45, 2.75) is 64.3 Å². The van der Waals surface area contributed by atoms with Crippen LogP contribution in [0.2, 0.25) is 0 Å². The Morgan fingerprint density at radius 2 is 2.08 bits per heavy atom. The maximum absolute atomic E-state index is 9.53. The van der Waals surface area contributed by atoms with E-state index in [1.54, 1.807) is 0 Å². The molecule has 2 heteroatoms. The fraction of sp³-hybridized carbons (Fsp3) is 1.00. The lowest BCUT2D eigenvalue weighted by Gasteiger charge is -2.03. The molecule has 0 aliphatic carbocycles. The predicted molar refractivity (Wildman–Crippen MR) is 49.1 cm³/mol. The number of ether oxygens (including phenoxy) is 1. The summed E-state index contributed by atoms with van der Waals surface area (Å²) in [7, 11) is 0. The van der Waals surface area contributed by atoms with E-state index in [9.17, 15) is 5.11 Å². The lowest BCUT2D eigenvalue weighted by molar-refractivity contribution is 0.126. The fourth-order valence-electron chi connectivity index (χ4n) is 1.59. The molecule has 0 bridgehead atoms. The molecule has 2 nitrogen and oxygen atoms in total. The molecule has 12 heavy (non-hydrogen) atoms. The Hall–Kier alpha value is -0.0800. The van der Waals surface area contributed by atoms with Crippen molar-refractivity contribution in [1.82, 2.24) is 0 Å². The quantitative estimate of drug-likeness (QED) is 0.622. The summed E-state index contributed by atoms with van der Waals surface area (Å²) < 4.78 is 5.38. The van der Waals surface area contributed by atoms with E-state index in [1.165, 1.54) is 12.8 Å². The van der Waals surface area contributed by atoms with E-state index in [4.69, 9.17) is 4.74 Å². The van der Waals surface area contributed by atoms with E-state index in [-0.39, 0.29) is 12.2 Å². The molecule has 1 fully saturated rings. The van der Waals surface area contributed by atoms with Crippen LogP contribution in [0, 0.1) is 0 Å². The molecule has 72 valence electrons. The van der Waals surface area contributed by atoms with Crippen LogP contribution < -0.4 is 0 Å². The van der Waals surface area contributed by atoms with Crippen LogP contribution in [0.25, 0.3) is 0 Å². The standard InChI is InChI=1S/C10H20O2/c1-3-5-7-9-10(12-9)8(11)6-4-2/h8-11H,3-7H2,1-2H3. The SMILES string of the molecule is CCCCC1OC1C(O)CCC. The number of aliphatic hydroxyl groups excluding tert-OH is 1. The van der Waals surface area contributed by atoms with Gasteiger partial charge in [0.05, 0.1) is 12.2 Å². The van der Waals surface area contributed by atoms with Crippen molar-refractivity contribution in [3.8, 4) is 0 Å². The van der Waals surface area contributed by atoms with Crippen LogP contribution in [-0.2, 0) is 4.74 Å². The first kappa shape index (κ1) is 10.0. The second-order valence-electron chi connectivity index (χ2n) is 3.64. The fourth-order valence-corrected chi connectivity index (χ4v) is 1.59. The molecule has 3 unspecified atom stereocenters. The Bertz CT molecular complexity index is 125. The Labute approximate surface area is 74.9 Å². The van der Waals surface area contributed by atoms with Gasteiger partial charge in [0.2, 0.25) is 0 Å². The summed E-state index contributed by atoms with van der Waals surface area (Å²) in [6, 6.07) is 0. The van der Waals surface area contributed by atoms with Crippen molar-refractivity contribution < 1.29 is 9.84 Å². The monoisotopic (exact) mass is 172 g/mol. The highest BCUT2D eigenvalue weighted by Gasteiger charge is 2.42. The summed E-state index contributed by atoms with van der Waals surface area (Å²) in [6.07, 6.45) is 5.81. The van der Waals surface area contributed by atoms with E-state index >= 15 is 0 Å². The van der Waals surface area contributed by atoms with Crippen LogP contribution in [0.1, 0.15) is 46.0 Å². The van der Waals surface area contributed by atoms with Crippen molar-refractivity contribution in [2.75, 3.05) is 0 Å². The predicted octanol–water partition coefficient (Wildman–Crippen LogP) is 2.10. The lowest BCUT2D eigenvalue weighted by atomic mass is 10.1. The Balaban J connectivity index is 2.06. The number of unbranched alkanes of at least 4 members (excludes halogenated alkanes) is 1. The average Bonchev–Trinajstić information content (AvgIpc) is 2.80. The summed E-state index contributed by atoms with van der Waals surface area (Å²) >= 11 is 0. The minimum atomic E-state index is -0.211. The summed E-state index contributed by atoms with van der Waals surface area (Å²) in [4.78, 5) is 0. The number of rotatable bonds is 6. The van der Waals surface area contributed by atoms with Gasteiger partial charge in [-0.05, 0) is 12.8 Å². The maximum Gasteiger partial charge on any atom is 0.110 e. The summed E-state index contributed by atoms with van der Waals surface area (Å²) in [5.74, 6) is 0. The van der Waals surface area contributed by atoms with E-state index in [1.807, 2.05) is 0 Å². The van der Waals surface area contributed by atoms with Gasteiger partial charge in [-0.2, -0.15) is 0 Å². The normalized spacial score (nSPS) is 30.2. The largest absolute Gasteiger partial charge is 0.390 e. The first-order valence-electron chi connectivity index (χ1n) is 5.13. The van der Waals surface area contributed by atoms with Crippen molar-refractivity contribution in [1.29, 1.82) is 0 Å². The molecule has 1 heterocycles. The summed E-state index contributed by atoms with van der Waals surface area (Å²) in [5.41, 5.74) is 0. The maximum atomic E-state index is 9.53. The highest BCUT2D eigenvalue weighted by molar-refractivity contribution is 4.90. The number of aliphatic hydroxyl groups is 1. The molecule has 1 rings (SSSR count). The minimum absolute atomic E-state index is 0.163. The molecule has 0 spiro atoms. The van der Waals surface area contributed by atoms with Crippen molar-refractivity contribution in [3.05, 3.63) is 0 Å². The third-order valence-corrected chi connectivity index (χ3v) is 2.43. The first-order chi connectivity index (χ1) is 5.79. The molecule has 1 saturated heterocycles. The van der Waals surface area contributed by atoms with Crippen molar-refractivity contribution in [2.24, 2.45) is 0 Å². The molecule has 0 saturated carbocycles. The zero-order chi connectivity index (χ0) is 8.97. The van der Waals surface area contributed by atoms with Crippen LogP contribution >= 0.6 is 0 Å². The van der Waals surface area contributed by atoms with Gasteiger partial charge < -0.3 is 9.84 Å². The topological polar surface area (TPSA) is 32.8 Å². The summed E-state index contributed by atoms with van der Waals surface area (Å²) in [5, 5.41) is 9.53. The molecule has 0 radical (unpaired) electrons. The molecule has 1 aliphatic rings. The van der Waals surface area contributed by atoms with Gasteiger partial charge >= 0.3 is 0 Å². The van der Waals surface area contributed by atoms with Gasteiger partial charge in [0.25, 0.3) is 0 Å². The Kier molecular flexibility index (Phi) is 4.02. The van der Waals surface area contributed by atoms with E-state index in [0.717, 1.165) is 19.3 Å². The second-order valence-corrected chi connectivity index (χ2v) is 3.64. The van der Waals surface area contributed by atoms with Crippen LogP contribution in [0.4, 0.5) is 0 Å². The van der Waals surface area contributed by atoms with E-state index in [2.05, 4.69) is 13.8 Å². The smallest absolute Gasteiger partial charge is 0.110 e. The third-order valence-electron chi connectivity index (χ3n) is 2.43. The van der Waals surface area contributed by atoms with Gasteiger partial charge in [0.1, 0.15) is 6.10 Å². The molecule has 0 amide bonds. The van der Waals surface area contributed by atoms with Crippen LogP contribution in [0.3, 0.4) is 0 Å². The van der Waals surface area contributed by atoms with Gasteiger partial charge in [-0.25, -0.2) is 0 Å². The van der Waals surface area contributed by atoms with Gasteiger partial charge in [0.15, 0.2) is 0 Å². The van der Waals surface area contributed by atoms with Crippen LogP contribution in [-0.4, -0.2) is 23.4 Å². The highest BCUT2D eigenvalue weighted by Crippen LogP contribution is 2.31. The average molecular weight is 172 g/mol. The molecule has 1 N–H and O–H groups in total. The lowest BCUT2D eigenvalue weighted by Crippen LogP contribution is -2.16. The first-order valence-corrected chi connectivity index (χ1v) is 5.13. The molecule has 0 aromatic rings. The number of hydrogen-bond donors (Lipinski definition) is 1. The molecule has 3 atom stereocenters. The summed E-state index contributed by atoms with van der Waals surface area (Å²) in [6.45, 7) is 4.27. The number of epoxide rings is 1. The second kappa shape index (κ2) is 4.83. The van der Waals surface area contributed by atoms with Gasteiger partial charge in [-0.3, -0.25) is 0 Å². The van der Waals surface area contributed by atoms with Crippen molar-refractivity contribution >= 4 is 0 Å². The molecular weight excluding hydrogens is 152 g/mol. The third kappa shape index (κ3) is 2.76. The van der Waals surface area contributed by atoms with Gasteiger partial charge in [-0.15, -0.1) is 0 Å². The van der Waals surface area contributed by atoms with Gasteiger partial charge in [0, 0.05) is 0 Å². The molecule has 0 aromatic heterocycles. The van der Waals surface area contributed by atoms with Crippen LogP contribution in [0.5, 0.6) is 0 Å². The van der Waals surface area contributed by atoms with Crippen molar-refractivity contribution in [3.63, 3.8) is 0 Å². The Morgan fingerprint density at radius 1 is 1.33 bits per heavy atom. The van der Waals surface area contributed by atoms with E-state index in [0.29, 0.717) is 6.10 Å².